The summed E-state index contributed by atoms with van der Waals surface area (Å²) < 4.78 is 25.4. The molecule has 1 aliphatic carbocycles. The molecule has 5 aromatic rings. The summed E-state index contributed by atoms with van der Waals surface area (Å²) in [7, 11) is 0. The zero-order valence-corrected chi connectivity index (χ0v) is 36.6. The Morgan fingerprint density at radius 2 is 1.49 bits per heavy atom. The standard InChI is InChI=1S/C53H54N2O10/c1-52(2,3)64-47(58)28-27-43(34-56)55-50(60)38-20-14-17-36(30-38)33-54-49(59)40-31-45(62-51(61)39-21-13-16-35(29-39)15-12-19-37-18-10-11-26-44(37)57)48-46(32-40)63-53(65-48,41-22-6-4-7-23-41)42-24-8-5-9-25-42/h4-18,20-26,29-30,32,43,45-46,48,56-57H,19,27-28,31,33-34H2,1-3H3,(H,54,59)(H,55,60)/t43-,45+,46+,48-/m0/s1. The second-order valence-corrected chi connectivity index (χ2v) is 17.1. The van der Waals surface area contributed by atoms with E-state index in [0.717, 1.165) is 22.3 Å². The van der Waals surface area contributed by atoms with E-state index in [9.17, 15) is 29.4 Å². The molecule has 2 aliphatic rings. The topological polar surface area (TPSA) is 170 Å². The molecule has 7 rings (SSSR count). The molecule has 0 radical (unpaired) electrons. The molecular weight excluding hydrogens is 825 g/mol. The van der Waals surface area contributed by atoms with E-state index in [1.165, 1.54) is 0 Å². The molecule has 1 aliphatic heterocycles. The van der Waals surface area contributed by atoms with Gasteiger partial charge >= 0.3 is 11.9 Å². The molecule has 336 valence electrons. The van der Waals surface area contributed by atoms with E-state index in [1.54, 1.807) is 81.4 Å². The average Bonchev–Trinajstić information content (AvgIpc) is 3.72. The van der Waals surface area contributed by atoms with Crippen LogP contribution in [0.5, 0.6) is 5.75 Å². The Morgan fingerprint density at radius 1 is 0.815 bits per heavy atom. The summed E-state index contributed by atoms with van der Waals surface area (Å²) in [5.74, 6) is -3.06. The Kier molecular flexibility index (Phi) is 14.7. The fourth-order valence-electron chi connectivity index (χ4n) is 7.85. The number of carbonyl (C=O) groups is 4. The van der Waals surface area contributed by atoms with E-state index in [-0.39, 0.29) is 38.2 Å². The van der Waals surface area contributed by atoms with Crippen LogP contribution in [-0.2, 0) is 47.3 Å². The number of benzene rings is 5. The van der Waals surface area contributed by atoms with Crippen LogP contribution in [-0.4, -0.2) is 70.5 Å². The van der Waals surface area contributed by atoms with E-state index in [1.807, 2.05) is 91.0 Å². The Labute approximate surface area is 378 Å². The minimum absolute atomic E-state index is 0.0240. The molecule has 0 unspecified atom stereocenters. The van der Waals surface area contributed by atoms with Gasteiger partial charge in [-0.05, 0) is 86.7 Å². The molecule has 0 bridgehead atoms. The molecule has 1 heterocycles. The Morgan fingerprint density at radius 3 is 2.18 bits per heavy atom. The van der Waals surface area contributed by atoms with Crippen LogP contribution in [0.1, 0.15) is 88.6 Å². The van der Waals surface area contributed by atoms with Crippen molar-refractivity contribution in [1.82, 2.24) is 10.6 Å². The number of rotatable bonds is 16. The number of aliphatic hydroxyl groups is 1. The highest BCUT2D eigenvalue weighted by molar-refractivity contribution is 5.95. The van der Waals surface area contributed by atoms with Crippen molar-refractivity contribution in [1.29, 1.82) is 0 Å². The van der Waals surface area contributed by atoms with Gasteiger partial charge in [0.15, 0.2) is 0 Å². The van der Waals surface area contributed by atoms with Gasteiger partial charge in [0.2, 0.25) is 11.7 Å². The molecule has 4 atom stereocenters. The van der Waals surface area contributed by atoms with Gasteiger partial charge < -0.3 is 39.8 Å². The van der Waals surface area contributed by atoms with Crippen molar-refractivity contribution < 1.29 is 48.3 Å². The molecule has 65 heavy (non-hydrogen) atoms. The van der Waals surface area contributed by atoms with Crippen molar-refractivity contribution in [3.8, 4) is 5.75 Å². The maximum atomic E-state index is 14.1. The molecule has 0 saturated carbocycles. The lowest BCUT2D eigenvalue weighted by atomic mass is 9.91. The lowest BCUT2D eigenvalue weighted by Gasteiger charge is -2.31. The first-order valence-electron chi connectivity index (χ1n) is 21.7. The van der Waals surface area contributed by atoms with E-state index in [4.69, 9.17) is 18.9 Å². The zero-order chi connectivity index (χ0) is 46.0. The van der Waals surface area contributed by atoms with Crippen LogP contribution in [0.4, 0.5) is 0 Å². The number of para-hydroxylation sites is 1. The third-order valence-electron chi connectivity index (χ3n) is 11.0. The second kappa shape index (κ2) is 20.8. The lowest BCUT2D eigenvalue weighted by molar-refractivity contribution is -0.157. The van der Waals surface area contributed by atoms with Crippen LogP contribution in [0, 0.1) is 0 Å². The van der Waals surface area contributed by atoms with Crippen molar-refractivity contribution in [2.75, 3.05) is 6.61 Å². The molecular formula is C53H54N2O10. The SMILES string of the molecule is CC(C)(C)OC(=O)CC[C@@H](CO)NC(=O)c1cccc(CNC(=O)C2=C[C@H]3OC(c4ccccc4)(c4ccccc4)O[C@H]3[C@H](OC(=O)c3cccc(C=CCc4ccccc4O)c3)C2)c1. The minimum Gasteiger partial charge on any atom is -0.508 e. The highest BCUT2D eigenvalue weighted by atomic mass is 16.8. The van der Waals surface area contributed by atoms with Crippen molar-refractivity contribution >= 4 is 29.8 Å². The van der Waals surface area contributed by atoms with Crippen LogP contribution in [0.25, 0.3) is 6.08 Å². The number of allylic oxidation sites excluding steroid dienone is 1. The number of carbonyl (C=O) groups excluding carboxylic acids is 4. The molecule has 1 saturated heterocycles. The van der Waals surface area contributed by atoms with Crippen molar-refractivity contribution in [2.24, 2.45) is 0 Å². The molecule has 4 N–H and O–H groups in total. The predicted molar refractivity (Wildman–Crippen MR) is 244 cm³/mol. The van der Waals surface area contributed by atoms with Gasteiger partial charge in [-0.15, -0.1) is 0 Å². The van der Waals surface area contributed by atoms with Crippen LogP contribution in [0.2, 0.25) is 0 Å². The molecule has 12 nitrogen and oxygen atoms in total. The summed E-state index contributed by atoms with van der Waals surface area (Å²) in [6.45, 7) is 5.01. The highest BCUT2D eigenvalue weighted by Gasteiger charge is 2.55. The number of esters is 2. The van der Waals surface area contributed by atoms with Crippen LogP contribution in [0.15, 0.2) is 151 Å². The summed E-state index contributed by atoms with van der Waals surface area (Å²) in [6.07, 6.45) is 3.72. The number of fused-ring (bicyclic) bond motifs is 1. The van der Waals surface area contributed by atoms with Crippen molar-refractivity contribution in [2.45, 2.75) is 88.7 Å². The number of hydrogen-bond donors (Lipinski definition) is 4. The summed E-state index contributed by atoms with van der Waals surface area (Å²) in [6, 6.07) is 39.2. The minimum atomic E-state index is -1.38. The van der Waals surface area contributed by atoms with Gasteiger partial charge in [0.05, 0.1) is 18.2 Å². The van der Waals surface area contributed by atoms with Gasteiger partial charge in [0, 0.05) is 41.6 Å². The van der Waals surface area contributed by atoms with Crippen molar-refractivity contribution in [3.05, 3.63) is 190 Å². The average molecular weight is 879 g/mol. The van der Waals surface area contributed by atoms with Gasteiger partial charge in [-0.2, -0.15) is 0 Å². The molecule has 2 amide bonds. The van der Waals surface area contributed by atoms with Gasteiger partial charge in [0.1, 0.15) is 29.7 Å². The summed E-state index contributed by atoms with van der Waals surface area (Å²) in [4.78, 5) is 53.5. The number of aromatic hydroxyl groups is 1. The molecule has 12 heteroatoms. The third kappa shape index (κ3) is 11.8. The number of ether oxygens (including phenoxy) is 4. The van der Waals surface area contributed by atoms with Crippen LogP contribution < -0.4 is 10.6 Å². The quantitative estimate of drug-likeness (QED) is 0.0721. The molecule has 0 aromatic heterocycles. The monoisotopic (exact) mass is 878 g/mol. The Bertz CT molecular complexity index is 2490. The predicted octanol–water partition coefficient (Wildman–Crippen LogP) is 7.72. The van der Waals surface area contributed by atoms with Gasteiger partial charge in [0.25, 0.3) is 5.91 Å². The number of aliphatic hydroxyl groups excluding tert-OH is 1. The third-order valence-corrected chi connectivity index (χ3v) is 11.0. The molecule has 1 fully saturated rings. The van der Waals surface area contributed by atoms with E-state index in [2.05, 4.69) is 10.6 Å². The first-order chi connectivity index (χ1) is 31.3. The van der Waals surface area contributed by atoms with E-state index in [0.29, 0.717) is 28.7 Å². The Hall–Kier alpha value is -6.86. The lowest BCUT2D eigenvalue weighted by Crippen LogP contribution is -2.43. The Balaban J connectivity index is 1.08. The van der Waals surface area contributed by atoms with Crippen LogP contribution >= 0.6 is 0 Å². The normalized spacial score (nSPS) is 18.2. The summed E-state index contributed by atoms with van der Waals surface area (Å²) >= 11 is 0. The number of amides is 2. The number of phenols is 1. The molecule has 0 spiro atoms. The fraction of sp³-hybridized carbons (Fsp3) is 0.283. The van der Waals surface area contributed by atoms with Crippen molar-refractivity contribution in [3.63, 3.8) is 0 Å². The van der Waals surface area contributed by atoms with E-state index < -0.39 is 59.5 Å². The highest BCUT2D eigenvalue weighted by Crippen LogP contribution is 2.47. The molecule has 5 aromatic carbocycles. The van der Waals surface area contributed by atoms with Gasteiger partial charge in [-0.1, -0.05) is 115 Å². The fourth-order valence-corrected chi connectivity index (χ4v) is 7.85. The van der Waals surface area contributed by atoms with Crippen LogP contribution in [0.3, 0.4) is 0 Å². The summed E-state index contributed by atoms with van der Waals surface area (Å²) in [5, 5.41) is 25.8. The maximum absolute atomic E-state index is 14.1. The number of nitrogens with one attached hydrogen (secondary N) is 2. The van der Waals surface area contributed by atoms with Gasteiger partial charge in [-0.25, -0.2) is 4.79 Å². The second-order valence-electron chi connectivity index (χ2n) is 17.1. The summed E-state index contributed by atoms with van der Waals surface area (Å²) in [5.41, 5.74) is 3.93. The number of hydrogen-bond acceptors (Lipinski definition) is 10. The first-order valence-corrected chi connectivity index (χ1v) is 21.7. The smallest absolute Gasteiger partial charge is 0.338 e. The zero-order valence-electron chi connectivity index (χ0n) is 36.6. The first kappa shape index (κ1) is 46.1. The largest absolute Gasteiger partial charge is 0.508 e. The van der Waals surface area contributed by atoms with Gasteiger partial charge in [-0.3, -0.25) is 14.4 Å². The maximum Gasteiger partial charge on any atom is 0.338 e. The van der Waals surface area contributed by atoms with E-state index >= 15 is 0 Å². The number of phenolic OH excluding ortho intramolecular Hbond substituents is 1.